The van der Waals surface area contributed by atoms with Gasteiger partial charge in [-0.25, -0.2) is 9.37 Å². The highest BCUT2D eigenvalue weighted by atomic mass is 79.9. The molecule has 148 valence electrons. The first kappa shape index (κ1) is 19.8. The SMILES string of the molecule is CCSc1ccc(Oc2ccc(Br)cc2F)c(-c2cc(C)[n+](O)c3[nH]ccc23)c1. The number of nitrogens with one attached hydrogen (secondary N) is 1. The van der Waals surface area contributed by atoms with Crippen molar-refractivity contribution in [2.75, 3.05) is 5.75 Å². The molecule has 7 heteroatoms. The van der Waals surface area contributed by atoms with Crippen molar-refractivity contribution >= 4 is 38.7 Å². The molecule has 2 aromatic carbocycles. The quantitative estimate of drug-likeness (QED) is 0.198. The number of nitrogens with zero attached hydrogens (tertiary/aromatic N) is 1. The normalized spacial score (nSPS) is 11.2. The molecule has 0 atom stereocenters. The minimum absolute atomic E-state index is 0.153. The minimum Gasteiger partial charge on any atom is -0.454 e. The van der Waals surface area contributed by atoms with Gasteiger partial charge in [-0.3, -0.25) is 0 Å². The number of thioether (sulfide) groups is 1. The molecular weight excluding hydrogens is 455 g/mol. The Morgan fingerprint density at radius 3 is 2.66 bits per heavy atom. The summed E-state index contributed by atoms with van der Waals surface area (Å²) in [4.78, 5) is 4.16. The van der Waals surface area contributed by atoms with Crippen molar-refractivity contribution in [1.82, 2.24) is 4.98 Å². The third kappa shape index (κ3) is 3.84. The lowest BCUT2D eigenvalue weighted by Crippen LogP contribution is -2.34. The number of fused-ring (bicyclic) bond motifs is 1. The molecule has 0 aliphatic rings. The monoisotopic (exact) mass is 473 g/mol. The standard InChI is InChI=1S/C22H18BrFN2O2S/c1-3-29-15-5-7-20(28-21-6-4-14(23)11-19(21)24)18(12-15)17-10-13(2)26(27)22-16(17)8-9-25-22/h4-12,27H,3H2,1-2H3/p+1. The molecule has 0 fully saturated rings. The van der Waals surface area contributed by atoms with Gasteiger partial charge in [0.15, 0.2) is 11.6 Å². The molecule has 0 spiro atoms. The van der Waals surface area contributed by atoms with Crippen LogP contribution in [0.3, 0.4) is 0 Å². The molecule has 29 heavy (non-hydrogen) atoms. The fourth-order valence-corrected chi connectivity index (χ4v) is 4.27. The van der Waals surface area contributed by atoms with E-state index in [1.165, 1.54) is 6.07 Å². The predicted octanol–water partition coefficient (Wildman–Crippen LogP) is 6.47. The largest absolute Gasteiger partial charge is 0.454 e. The number of hydrogen-bond acceptors (Lipinski definition) is 3. The summed E-state index contributed by atoms with van der Waals surface area (Å²) >= 11 is 4.99. The van der Waals surface area contributed by atoms with Gasteiger partial charge in [0.2, 0.25) is 0 Å². The first-order valence-electron chi connectivity index (χ1n) is 9.10. The molecule has 2 heterocycles. The van der Waals surface area contributed by atoms with Gasteiger partial charge in [-0.1, -0.05) is 22.9 Å². The number of H-pyrrole nitrogens is 1. The van der Waals surface area contributed by atoms with Gasteiger partial charge in [0, 0.05) is 27.4 Å². The maximum Gasteiger partial charge on any atom is 0.326 e. The summed E-state index contributed by atoms with van der Waals surface area (Å²) in [6.45, 7) is 3.92. The minimum atomic E-state index is -0.443. The van der Waals surface area contributed by atoms with Gasteiger partial charge in [0.1, 0.15) is 11.4 Å². The molecule has 4 nitrogen and oxygen atoms in total. The maximum absolute atomic E-state index is 14.4. The number of rotatable bonds is 5. The molecule has 0 bridgehead atoms. The van der Waals surface area contributed by atoms with Gasteiger partial charge < -0.3 is 9.94 Å². The van der Waals surface area contributed by atoms with Crippen LogP contribution in [-0.4, -0.2) is 15.9 Å². The van der Waals surface area contributed by atoms with Crippen LogP contribution in [-0.2, 0) is 0 Å². The van der Waals surface area contributed by atoms with Crippen LogP contribution in [0.2, 0.25) is 0 Å². The van der Waals surface area contributed by atoms with Crippen molar-refractivity contribution in [3.8, 4) is 22.6 Å². The molecule has 4 rings (SSSR count). The number of aryl methyl sites for hydroxylation is 1. The second kappa shape index (κ2) is 8.08. The molecule has 0 amide bonds. The van der Waals surface area contributed by atoms with Crippen molar-refractivity contribution in [1.29, 1.82) is 0 Å². The van der Waals surface area contributed by atoms with Crippen LogP contribution in [0.4, 0.5) is 4.39 Å². The van der Waals surface area contributed by atoms with E-state index in [9.17, 15) is 9.60 Å². The number of ether oxygens (including phenoxy) is 1. The second-order valence-electron chi connectivity index (χ2n) is 6.52. The number of aromatic nitrogens is 2. The number of hydrogen-bond donors (Lipinski definition) is 2. The molecule has 0 saturated heterocycles. The van der Waals surface area contributed by atoms with Crippen molar-refractivity contribution in [2.24, 2.45) is 0 Å². The molecule has 0 unspecified atom stereocenters. The lowest BCUT2D eigenvalue weighted by atomic mass is 10.0. The summed E-state index contributed by atoms with van der Waals surface area (Å²) in [6.07, 6.45) is 1.78. The smallest absolute Gasteiger partial charge is 0.326 e. The number of aromatic amines is 1. The van der Waals surface area contributed by atoms with Crippen LogP contribution in [0.5, 0.6) is 11.5 Å². The Balaban J connectivity index is 1.91. The molecule has 2 aromatic heterocycles. The Morgan fingerprint density at radius 2 is 1.90 bits per heavy atom. The van der Waals surface area contributed by atoms with Gasteiger partial charge in [-0.2, -0.15) is 0 Å². The maximum atomic E-state index is 14.4. The summed E-state index contributed by atoms with van der Waals surface area (Å²) < 4.78 is 22.2. The Morgan fingerprint density at radius 1 is 1.10 bits per heavy atom. The van der Waals surface area contributed by atoms with E-state index in [4.69, 9.17) is 4.74 Å². The van der Waals surface area contributed by atoms with Gasteiger partial charge in [0.05, 0.1) is 11.6 Å². The first-order chi connectivity index (χ1) is 14.0. The van der Waals surface area contributed by atoms with Gasteiger partial charge in [-0.05, 0) is 59.0 Å². The van der Waals surface area contributed by atoms with E-state index in [-0.39, 0.29) is 5.75 Å². The Hall–Kier alpha value is -2.51. The molecular formula is C22H19BrFN2O2S+. The summed E-state index contributed by atoms with van der Waals surface area (Å²) in [5.41, 5.74) is 2.99. The molecule has 0 radical (unpaired) electrons. The zero-order chi connectivity index (χ0) is 20.5. The number of benzene rings is 2. The van der Waals surface area contributed by atoms with E-state index in [2.05, 4.69) is 27.8 Å². The van der Waals surface area contributed by atoms with Crippen molar-refractivity contribution in [3.63, 3.8) is 0 Å². The summed E-state index contributed by atoms with van der Waals surface area (Å²) in [7, 11) is 0. The summed E-state index contributed by atoms with van der Waals surface area (Å²) in [6, 6.07) is 14.4. The topological polar surface area (TPSA) is 49.1 Å². The highest BCUT2D eigenvalue weighted by Crippen LogP contribution is 2.40. The average Bonchev–Trinajstić information content (AvgIpc) is 3.18. The Labute approximate surface area is 180 Å². The van der Waals surface area contributed by atoms with Crippen LogP contribution in [0.15, 0.2) is 64.1 Å². The van der Waals surface area contributed by atoms with Gasteiger partial charge in [0.25, 0.3) is 0 Å². The van der Waals surface area contributed by atoms with Gasteiger partial charge >= 0.3 is 5.65 Å². The van der Waals surface area contributed by atoms with Crippen LogP contribution in [0.25, 0.3) is 22.2 Å². The zero-order valence-electron chi connectivity index (χ0n) is 15.9. The molecule has 2 N–H and O–H groups in total. The Kier molecular flexibility index (Phi) is 5.52. The molecule has 0 aliphatic carbocycles. The van der Waals surface area contributed by atoms with E-state index in [1.54, 1.807) is 30.1 Å². The van der Waals surface area contributed by atoms with E-state index < -0.39 is 5.82 Å². The molecule has 0 saturated carbocycles. The third-order valence-electron chi connectivity index (χ3n) is 4.58. The fraction of sp³-hybridized carbons (Fsp3) is 0.136. The van der Waals surface area contributed by atoms with Crippen molar-refractivity contribution in [2.45, 2.75) is 18.7 Å². The molecule has 0 aliphatic heterocycles. The van der Waals surface area contributed by atoms with E-state index in [0.717, 1.165) is 31.9 Å². The first-order valence-corrected chi connectivity index (χ1v) is 10.9. The summed E-state index contributed by atoms with van der Waals surface area (Å²) in [5.74, 6) is 1.19. The van der Waals surface area contributed by atoms with Crippen LogP contribution in [0.1, 0.15) is 12.6 Å². The van der Waals surface area contributed by atoms with Crippen LogP contribution in [0, 0.1) is 12.7 Å². The van der Waals surface area contributed by atoms with Crippen molar-refractivity contribution in [3.05, 3.63) is 70.7 Å². The van der Waals surface area contributed by atoms with E-state index >= 15 is 0 Å². The van der Waals surface area contributed by atoms with E-state index in [0.29, 0.717) is 21.6 Å². The summed E-state index contributed by atoms with van der Waals surface area (Å²) in [5, 5.41) is 11.2. The Bertz CT molecular complexity index is 1210. The van der Waals surface area contributed by atoms with E-state index in [1.807, 2.05) is 37.3 Å². The zero-order valence-corrected chi connectivity index (χ0v) is 18.3. The number of halogens is 2. The highest BCUT2D eigenvalue weighted by Gasteiger charge is 2.20. The van der Waals surface area contributed by atoms with Crippen LogP contribution >= 0.6 is 27.7 Å². The lowest BCUT2D eigenvalue weighted by molar-refractivity contribution is -0.889. The average molecular weight is 474 g/mol. The van der Waals surface area contributed by atoms with Crippen LogP contribution < -0.4 is 9.47 Å². The number of pyridine rings is 1. The highest BCUT2D eigenvalue weighted by molar-refractivity contribution is 9.10. The fourth-order valence-electron chi connectivity index (χ4n) is 3.24. The lowest BCUT2D eigenvalue weighted by Gasteiger charge is -2.14. The third-order valence-corrected chi connectivity index (χ3v) is 5.95. The second-order valence-corrected chi connectivity index (χ2v) is 8.77. The van der Waals surface area contributed by atoms with Crippen molar-refractivity contribution < 1.29 is 19.1 Å². The van der Waals surface area contributed by atoms with Gasteiger partial charge in [-0.15, -0.1) is 11.8 Å². The predicted molar refractivity (Wildman–Crippen MR) is 116 cm³/mol. The molecule has 4 aromatic rings.